The number of aryl methyl sites for hydroxylation is 1. The highest BCUT2D eigenvalue weighted by atomic mass is 127. The first kappa shape index (κ1) is 19.4. The molecule has 1 aromatic heterocycles. The molecule has 2 heterocycles. The zero-order valence-corrected chi connectivity index (χ0v) is 17.0. The normalized spacial score (nSPS) is 21.2. The Morgan fingerprint density at radius 2 is 2.12 bits per heavy atom. The molecule has 1 aliphatic carbocycles. The maximum absolute atomic E-state index is 5.11. The lowest BCUT2D eigenvalue weighted by atomic mass is 10.1. The number of rotatable bonds is 5. The first-order valence-corrected chi connectivity index (χ1v) is 8.67. The van der Waals surface area contributed by atoms with Gasteiger partial charge in [-0.3, -0.25) is 4.99 Å². The second kappa shape index (κ2) is 9.55. The molecule has 1 atom stereocenters. The number of halogens is 1. The Balaban J connectivity index is 0.00000208. The number of nitrogens with one attached hydrogen (secondary N) is 2. The highest BCUT2D eigenvalue weighted by Crippen LogP contribution is 2.23. The van der Waals surface area contributed by atoms with Gasteiger partial charge in [0.05, 0.1) is 6.54 Å². The molecular formula is C16H29IN6O. The summed E-state index contributed by atoms with van der Waals surface area (Å²) in [5.41, 5.74) is 0. The highest BCUT2D eigenvalue weighted by molar-refractivity contribution is 14.0. The molecule has 8 heteroatoms. The quantitative estimate of drug-likeness (QED) is 0.408. The van der Waals surface area contributed by atoms with E-state index in [1.165, 1.54) is 25.7 Å². The predicted octanol–water partition coefficient (Wildman–Crippen LogP) is 1.71. The largest absolute Gasteiger partial charge is 0.377 e. The lowest BCUT2D eigenvalue weighted by Gasteiger charge is -2.25. The Kier molecular flexibility index (Phi) is 7.73. The topological polar surface area (TPSA) is 76.4 Å². The molecule has 1 fully saturated rings. The molecule has 0 amide bonds. The number of hydrogen-bond acceptors (Lipinski definition) is 4. The van der Waals surface area contributed by atoms with Crippen LogP contribution in [0.3, 0.4) is 0 Å². The van der Waals surface area contributed by atoms with E-state index in [1.54, 1.807) is 7.11 Å². The Labute approximate surface area is 161 Å². The highest BCUT2D eigenvalue weighted by Gasteiger charge is 2.23. The van der Waals surface area contributed by atoms with E-state index in [0.29, 0.717) is 12.6 Å². The molecule has 2 N–H and O–H groups in total. The average Bonchev–Trinajstić information content (AvgIpc) is 3.20. The van der Waals surface area contributed by atoms with E-state index >= 15 is 0 Å². The first-order chi connectivity index (χ1) is 11.3. The van der Waals surface area contributed by atoms with Crippen molar-refractivity contribution in [3.63, 3.8) is 0 Å². The standard InChI is InChI=1S/C16H28N6O.HI/c1-17-16(18-9-12-5-3-4-6-12)19-13-7-8-15-20-14(11-23-2)21-22(15)10-13;/h12-13H,3-11H2,1-2H3,(H2,17,18,19);1H. The molecule has 136 valence electrons. The van der Waals surface area contributed by atoms with Gasteiger partial charge in [0.1, 0.15) is 12.4 Å². The fraction of sp³-hybridized carbons (Fsp3) is 0.812. The van der Waals surface area contributed by atoms with Crippen LogP contribution in [0.25, 0.3) is 0 Å². The fourth-order valence-electron chi connectivity index (χ4n) is 3.51. The van der Waals surface area contributed by atoms with E-state index < -0.39 is 0 Å². The summed E-state index contributed by atoms with van der Waals surface area (Å²) in [5.74, 6) is 3.54. The molecule has 0 radical (unpaired) electrons. The summed E-state index contributed by atoms with van der Waals surface area (Å²) in [6.45, 7) is 2.33. The molecule has 1 saturated carbocycles. The molecular weight excluding hydrogens is 419 g/mol. The van der Waals surface area contributed by atoms with E-state index in [-0.39, 0.29) is 24.0 Å². The number of methoxy groups -OCH3 is 1. The van der Waals surface area contributed by atoms with Crippen molar-refractivity contribution < 1.29 is 4.74 Å². The second-order valence-electron chi connectivity index (χ2n) is 6.54. The van der Waals surface area contributed by atoms with Crippen LogP contribution in [0.5, 0.6) is 0 Å². The molecule has 0 spiro atoms. The van der Waals surface area contributed by atoms with Crippen molar-refractivity contribution in [3.8, 4) is 0 Å². The molecule has 1 aromatic rings. The van der Waals surface area contributed by atoms with E-state index in [4.69, 9.17) is 4.74 Å². The Morgan fingerprint density at radius 1 is 1.33 bits per heavy atom. The van der Waals surface area contributed by atoms with Gasteiger partial charge in [-0.1, -0.05) is 12.8 Å². The first-order valence-electron chi connectivity index (χ1n) is 8.67. The van der Waals surface area contributed by atoms with Gasteiger partial charge in [0.25, 0.3) is 0 Å². The summed E-state index contributed by atoms with van der Waals surface area (Å²) in [5, 5.41) is 11.5. The third-order valence-electron chi connectivity index (χ3n) is 4.77. The predicted molar refractivity (Wildman–Crippen MR) is 105 cm³/mol. The van der Waals surface area contributed by atoms with Gasteiger partial charge in [0.2, 0.25) is 0 Å². The Morgan fingerprint density at radius 3 is 2.83 bits per heavy atom. The minimum Gasteiger partial charge on any atom is -0.377 e. The summed E-state index contributed by atoms with van der Waals surface area (Å²) >= 11 is 0. The van der Waals surface area contributed by atoms with Crippen molar-refractivity contribution in [2.45, 2.75) is 57.7 Å². The average molecular weight is 448 g/mol. The maximum Gasteiger partial charge on any atom is 0.191 e. The van der Waals surface area contributed by atoms with Crippen LogP contribution >= 0.6 is 24.0 Å². The molecule has 7 nitrogen and oxygen atoms in total. The maximum atomic E-state index is 5.11. The van der Waals surface area contributed by atoms with E-state index in [2.05, 4.69) is 25.7 Å². The summed E-state index contributed by atoms with van der Waals surface area (Å²) in [6.07, 6.45) is 7.43. The molecule has 3 rings (SSSR count). The van der Waals surface area contributed by atoms with Crippen LogP contribution in [-0.2, 0) is 24.3 Å². The van der Waals surface area contributed by atoms with Gasteiger partial charge in [-0.15, -0.1) is 24.0 Å². The summed E-state index contributed by atoms with van der Waals surface area (Å²) in [4.78, 5) is 8.88. The van der Waals surface area contributed by atoms with Crippen LogP contribution in [0, 0.1) is 5.92 Å². The Hall–Kier alpha value is -0.900. The SMILES string of the molecule is CN=C(NCC1CCCC1)NC1CCc2nc(COC)nn2C1.I. The minimum absolute atomic E-state index is 0. The monoisotopic (exact) mass is 448 g/mol. The van der Waals surface area contributed by atoms with Crippen LogP contribution in [0.2, 0.25) is 0 Å². The number of hydrogen-bond donors (Lipinski definition) is 2. The van der Waals surface area contributed by atoms with Crippen molar-refractivity contribution in [2.24, 2.45) is 10.9 Å². The number of nitrogens with zero attached hydrogens (tertiary/aromatic N) is 4. The van der Waals surface area contributed by atoms with Gasteiger partial charge in [0.15, 0.2) is 11.8 Å². The molecule has 1 unspecified atom stereocenters. The molecule has 0 bridgehead atoms. The smallest absolute Gasteiger partial charge is 0.191 e. The van der Waals surface area contributed by atoms with Gasteiger partial charge in [0, 0.05) is 33.2 Å². The summed E-state index contributed by atoms with van der Waals surface area (Å²) in [6, 6.07) is 0.342. The Bertz CT molecular complexity index is 541. The number of fused-ring (bicyclic) bond motifs is 1. The van der Waals surface area contributed by atoms with Crippen LogP contribution in [0.15, 0.2) is 4.99 Å². The van der Waals surface area contributed by atoms with Crippen molar-refractivity contribution >= 4 is 29.9 Å². The van der Waals surface area contributed by atoms with Gasteiger partial charge in [-0.2, -0.15) is 5.10 Å². The lowest BCUT2D eigenvalue weighted by Crippen LogP contribution is -2.47. The van der Waals surface area contributed by atoms with Crippen molar-refractivity contribution in [1.82, 2.24) is 25.4 Å². The van der Waals surface area contributed by atoms with Crippen molar-refractivity contribution in [3.05, 3.63) is 11.6 Å². The second-order valence-corrected chi connectivity index (χ2v) is 6.54. The zero-order chi connectivity index (χ0) is 16.1. The van der Waals surface area contributed by atoms with Crippen LogP contribution < -0.4 is 10.6 Å². The number of guanidine groups is 1. The molecule has 0 saturated heterocycles. The third-order valence-corrected chi connectivity index (χ3v) is 4.77. The molecule has 0 aromatic carbocycles. The number of aliphatic imine (C=N–C) groups is 1. The van der Waals surface area contributed by atoms with E-state index in [0.717, 1.165) is 49.5 Å². The third kappa shape index (κ3) is 5.05. The van der Waals surface area contributed by atoms with Crippen molar-refractivity contribution in [1.29, 1.82) is 0 Å². The lowest BCUT2D eigenvalue weighted by molar-refractivity contribution is 0.177. The number of ether oxygens (including phenoxy) is 1. The van der Waals surface area contributed by atoms with Crippen LogP contribution in [-0.4, -0.2) is 47.5 Å². The summed E-state index contributed by atoms with van der Waals surface area (Å²) in [7, 11) is 3.51. The van der Waals surface area contributed by atoms with Gasteiger partial charge < -0.3 is 15.4 Å². The van der Waals surface area contributed by atoms with E-state index in [1.807, 2.05) is 11.7 Å². The van der Waals surface area contributed by atoms with Crippen LogP contribution in [0.1, 0.15) is 43.8 Å². The van der Waals surface area contributed by atoms with Crippen molar-refractivity contribution in [2.75, 3.05) is 20.7 Å². The zero-order valence-electron chi connectivity index (χ0n) is 14.6. The number of aromatic nitrogens is 3. The molecule has 2 aliphatic rings. The molecule has 1 aliphatic heterocycles. The minimum atomic E-state index is 0. The van der Waals surface area contributed by atoms with Gasteiger partial charge in [-0.25, -0.2) is 9.67 Å². The van der Waals surface area contributed by atoms with Gasteiger partial charge in [-0.05, 0) is 25.2 Å². The fourth-order valence-corrected chi connectivity index (χ4v) is 3.51. The van der Waals surface area contributed by atoms with E-state index in [9.17, 15) is 0 Å². The van der Waals surface area contributed by atoms with Crippen LogP contribution in [0.4, 0.5) is 0 Å². The molecule has 24 heavy (non-hydrogen) atoms. The van der Waals surface area contributed by atoms with Gasteiger partial charge >= 0.3 is 0 Å². The summed E-state index contributed by atoms with van der Waals surface area (Å²) < 4.78 is 7.11.